The first-order valence-electron chi connectivity index (χ1n) is 8.73. The number of halogens is 1. The Morgan fingerprint density at radius 2 is 1.70 bits per heavy atom. The number of amides is 1. The fraction of sp³-hybridized carbons (Fsp3) is 0.316. The molecule has 3 rings (SSSR count). The molecule has 0 radical (unpaired) electrons. The summed E-state index contributed by atoms with van der Waals surface area (Å²) >= 11 is 5.94. The summed E-state index contributed by atoms with van der Waals surface area (Å²) in [5, 5.41) is 3.41. The number of hydrogen-bond donors (Lipinski definition) is 1. The number of piperazine rings is 1. The van der Waals surface area contributed by atoms with Gasteiger partial charge >= 0.3 is 0 Å². The number of nitrogens with one attached hydrogen (secondary N) is 1. The molecule has 27 heavy (non-hydrogen) atoms. The quantitative estimate of drug-likeness (QED) is 0.827. The first kappa shape index (κ1) is 19.8. The lowest BCUT2D eigenvalue weighted by atomic mass is 10.2. The van der Waals surface area contributed by atoms with E-state index in [1.165, 1.54) is 4.31 Å². The van der Waals surface area contributed by atoms with Gasteiger partial charge < -0.3 is 5.32 Å². The third-order valence-corrected chi connectivity index (χ3v) is 6.82. The van der Waals surface area contributed by atoms with Gasteiger partial charge in [-0.05, 0) is 37.3 Å². The molecule has 1 saturated heterocycles. The molecule has 0 aliphatic carbocycles. The van der Waals surface area contributed by atoms with Gasteiger partial charge in [-0.2, -0.15) is 4.31 Å². The first-order valence-corrected chi connectivity index (χ1v) is 10.6. The number of carbonyl (C=O) groups excluding carboxylic acids is 1. The molecular weight excluding hydrogens is 386 g/mol. The summed E-state index contributed by atoms with van der Waals surface area (Å²) in [7, 11) is -3.49. The molecule has 1 fully saturated rings. The van der Waals surface area contributed by atoms with E-state index in [0.29, 0.717) is 41.8 Å². The molecule has 1 aliphatic rings. The van der Waals surface area contributed by atoms with Crippen LogP contribution in [0.15, 0.2) is 59.5 Å². The molecule has 0 unspecified atom stereocenters. The van der Waals surface area contributed by atoms with Gasteiger partial charge in [-0.15, -0.1) is 0 Å². The molecule has 8 heteroatoms. The average molecular weight is 408 g/mol. The number of benzene rings is 2. The highest BCUT2D eigenvalue weighted by molar-refractivity contribution is 7.89. The maximum absolute atomic E-state index is 12.7. The first-order chi connectivity index (χ1) is 12.9. The van der Waals surface area contributed by atoms with E-state index in [1.807, 2.05) is 11.8 Å². The zero-order chi connectivity index (χ0) is 19.4. The standard InChI is InChI=1S/C19H22ClN3O3S/c1-15(19(24)21-17-7-5-6-16(20)14-17)22-10-12-23(13-11-22)27(25,26)18-8-3-2-4-9-18/h2-9,14-15H,10-13H2,1H3,(H,21,24)/t15-/m1/s1. The van der Waals surface area contributed by atoms with Crippen molar-refractivity contribution in [3.8, 4) is 0 Å². The van der Waals surface area contributed by atoms with Gasteiger partial charge in [-0.1, -0.05) is 35.9 Å². The van der Waals surface area contributed by atoms with Gasteiger partial charge in [0.1, 0.15) is 0 Å². The largest absolute Gasteiger partial charge is 0.325 e. The minimum atomic E-state index is -3.49. The Kier molecular flexibility index (Phi) is 6.16. The van der Waals surface area contributed by atoms with Crippen LogP contribution in [0.25, 0.3) is 0 Å². The highest BCUT2D eigenvalue weighted by Crippen LogP contribution is 2.19. The summed E-state index contributed by atoms with van der Waals surface area (Å²) in [6, 6.07) is 15.0. The van der Waals surface area contributed by atoms with Crippen molar-refractivity contribution in [3.05, 3.63) is 59.6 Å². The van der Waals surface area contributed by atoms with Crippen LogP contribution in [0.4, 0.5) is 5.69 Å². The van der Waals surface area contributed by atoms with Crippen LogP contribution in [0, 0.1) is 0 Å². The molecule has 0 spiro atoms. The highest BCUT2D eigenvalue weighted by atomic mass is 35.5. The lowest BCUT2D eigenvalue weighted by Crippen LogP contribution is -2.53. The Balaban J connectivity index is 1.59. The Bertz CT molecular complexity index is 897. The number of nitrogens with zero attached hydrogens (tertiary/aromatic N) is 2. The van der Waals surface area contributed by atoms with Crippen LogP contribution in [-0.4, -0.2) is 55.8 Å². The van der Waals surface area contributed by atoms with Gasteiger partial charge in [-0.25, -0.2) is 8.42 Å². The molecule has 1 aliphatic heterocycles. The van der Waals surface area contributed by atoms with Crippen molar-refractivity contribution in [3.63, 3.8) is 0 Å². The zero-order valence-electron chi connectivity index (χ0n) is 15.0. The van der Waals surface area contributed by atoms with Crippen LogP contribution in [0.3, 0.4) is 0 Å². The van der Waals surface area contributed by atoms with Crippen LogP contribution >= 0.6 is 11.6 Å². The molecule has 2 aromatic rings. The average Bonchev–Trinajstić information content (AvgIpc) is 2.68. The molecule has 1 amide bonds. The second kappa shape index (κ2) is 8.39. The predicted octanol–water partition coefficient (Wildman–Crippen LogP) is 2.67. The maximum Gasteiger partial charge on any atom is 0.243 e. The SMILES string of the molecule is C[C@H](C(=O)Nc1cccc(Cl)c1)N1CCN(S(=O)(=O)c2ccccc2)CC1. The minimum absolute atomic E-state index is 0.142. The second-order valence-electron chi connectivity index (χ2n) is 6.43. The van der Waals surface area contributed by atoms with E-state index in [0.717, 1.165) is 0 Å². The molecule has 1 heterocycles. The summed E-state index contributed by atoms with van der Waals surface area (Å²) in [5.41, 5.74) is 0.643. The summed E-state index contributed by atoms with van der Waals surface area (Å²) in [6.07, 6.45) is 0. The number of carbonyl (C=O) groups is 1. The molecule has 1 N–H and O–H groups in total. The maximum atomic E-state index is 12.7. The third kappa shape index (κ3) is 4.68. The van der Waals surface area contributed by atoms with E-state index in [1.54, 1.807) is 54.6 Å². The molecule has 2 aromatic carbocycles. The van der Waals surface area contributed by atoms with Crippen LogP contribution in [0.2, 0.25) is 5.02 Å². The van der Waals surface area contributed by atoms with E-state index >= 15 is 0 Å². The number of rotatable bonds is 5. The molecule has 1 atom stereocenters. The lowest BCUT2D eigenvalue weighted by Gasteiger charge is -2.36. The Hall–Kier alpha value is -1.93. The molecule has 0 saturated carbocycles. The van der Waals surface area contributed by atoms with Crippen molar-refractivity contribution in [2.45, 2.75) is 17.9 Å². The van der Waals surface area contributed by atoms with Crippen LogP contribution in [-0.2, 0) is 14.8 Å². The van der Waals surface area contributed by atoms with E-state index in [2.05, 4.69) is 5.32 Å². The van der Waals surface area contributed by atoms with E-state index in [9.17, 15) is 13.2 Å². The second-order valence-corrected chi connectivity index (χ2v) is 8.80. The van der Waals surface area contributed by atoms with Crippen molar-refractivity contribution in [2.75, 3.05) is 31.5 Å². The summed E-state index contributed by atoms with van der Waals surface area (Å²) in [4.78, 5) is 14.8. The van der Waals surface area contributed by atoms with Crippen molar-refractivity contribution >= 4 is 33.2 Å². The number of anilines is 1. The summed E-state index contributed by atoms with van der Waals surface area (Å²) < 4.78 is 26.8. The fourth-order valence-electron chi connectivity index (χ4n) is 3.05. The van der Waals surface area contributed by atoms with Gasteiger partial charge in [0.15, 0.2) is 0 Å². The highest BCUT2D eigenvalue weighted by Gasteiger charge is 2.31. The topological polar surface area (TPSA) is 69.7 Å². The van der Waals surface area contributed by atoms with Crippen molar-refractivity contribution < 1.29 is 13.2 Å². The van der Waals surface area contributed by atoms with Crippen molar-refractivity contribution in [2.24, 2.45) is 0 Å². The summed E-state index contributed by atoms with van der Waals surface area (Å²) in [6.45, 7) is 3.52. The number of hydrogen-bond acceptors (Lipinski definition) is 4. The van der Waals surface area contributed by atoms with E-state index < -0.39 is 10.0 Å². The van der Waals surface area contributed by atoms with Crippen molar-refractivity contribution in [1.29, 1.82) is 0 Å². The Morgan fingerprint density at radius 3 is 2.33 bits per heavy atom. The van der Waals surface area contributed by atoms with Gasteiger partial charge in [0.2, 0.25) is 15.9 Å². The Morgan fingerprint density at radius 1 is 1.04 bits per heavy atom. The van der Waals surface area contributed by atoms with Gasteiger partial charge in [0.05, 0.1) is 10.9 Å². The lowest BCUT2D eigenvalue weighted by molar-refractivity contribution is -0.121. The van der Waals surface area contributed by atoms with Crippen LogP contribution in [0.1, 0.15) is 6.92 Å². The zero-order valence-corrected chi connectivity index (χ0v) is 16.6. The van der Waals surface area contributed by atoms with Crippen molar-refractivity contribution in [1.82, 2.24) is 9.21 Å². The van der Waals surface area contributed by atoms with Crippen LogP contribution < -0.4 is 5.32 Å². The normalized spacial score (nSPS) is 17.4. The minimum Gasteiger partial charge on any atom is -0.325 e. The summed E-state index contributed by atoms with van der Waals surface area (Å²) in [5.74, 6) is -0.142. The van der Waals surface area contributed by atoms with E-state index in [4.69, 9.17) is 11.6 Å². The smallest absolute Gasteiger partial charge is 0.243 e. The third-order valence-electron chi connectivity index (χ3n) is 4.67. The molecule has 0 bridgehead atoms. The molecular formula is C19H22ClN3O3S. The molecule has 6 nitrogen and oxygen atoms in total. The van der Waals surface area contributed by atoms with Gasteiger partial charge in [0.25, 0.3) is 0 Å². The van der Waals surface area contributed by atoms with Gasteiger partial charge in [0, 0.05) is 36.9 Å². The van der Waals surface area contributed by atoms with E-state index in [-0.39, 0.29) is 11.9 Å². The number of sulfonamides is 1. The molecule has 144 valence electrons. The van der Waals surface area contributed by atoms with Gasteiger partial charge in [-0.3, -0.25) is 9.69 Å². The fourth-order valence-corrected chi connectivity index (χ4v) is 4.69. The van der Waals surface area contributed by atoms with Crippen LogP contribution in [0.5, 0.6) is 0 Å². The predicted molar refractivity (Wildman–Crippen MR) is 106 cm³/mol. The Labute approximate surface area is 164 Å². The monoisotopic (exact) mass is 407 g/mol. The molecule has 0 aromatic heterocycles.